The van der Waals surface area contributed by atoms with Crippen molar-refractivity contribution in [3.05, 3.63) is 67.6 Å². The lowest BCUT2D eigenvalue weighted by Crippen LogP contribution is -2.47. The number of carbonyl (C=O) groups excluding carboxylic acids is 2. The van der Waals surface area contributed by atoms with E-state index in [9.17, 15) is 9.59 Å². The van der Waals surface area contributed by atoms with Gasteiger partial charge in [0.15, 0.2) is 0 Å². The SMILES string of the molecule is COC(=O)C(Cc1ccc(Cl)cc1Cl)NC(=O)C1(c2ccc(Cl)cc2Cl)CC1. The Hall–Kier alpha value is -1.46. The van der Waals surface area contributed by atoms with Gasteiger partial charge in [0.25, 0.3) is 0 Å². The van der Waals surface area contributed by atoms with Crippen LogP contribution in [0.5, 0.6) is 0 Å². The van der Waals surface area contributed by atoms with E-state index in [0.717, 1.165) is 0 Å². The van der Waals surface area contributed by atoms with Gasteiger partial charge >= 0.3 is 5.97 Å². The molecule has 0 aliphatic heterocycles. The molecule has 2 aromatic carbocycles. The molecule has 148 valence electrons. The quantitative estimate of drug-likeness (QED) is 0.600. The number of nitrogens with one attached hydrogen (secondary N) is 1. The lowest BCUT2D eigenvalue weighted by Gasteiger charge is -2.22. The van der Waals surface area contributed by atoms with Gasteiger partial charge in [0, 0.05) is 26.5 Å². The third-order valence-corrected chi connectivity index (χ3v) is 6.00. The number of carbonyl (C=O) groups is 2. The van der Waals surface area contributed by atoms with Gasteiger partial charge in [-0.25, -0.2) is 4.79 Å². The first kappa shape index (κ1) is 21.3. The van der Waals surface area contributed by atoms with Gasteiger partial charge in [-0.05, 0) is 48.2 Å². The topological polar surface area (TPSA) is 55.4 Å². The van der Waals surface area contributed by atoms with Crippen LogP contribution < -0.4 is 5.32 Å². The Kier molecular flexibility index (Phi) is 6.45. The molecule has 28 heavy (non-hydrogen) atoms. The molecular weight excluding hydrogens is 444 g/mol. The highest BCUT2D eigenvalue weighted by molar-refractivity contribution is 6.35. The summed E-state index contributed by atoms with van der Waals surface area (Å²) in [5.41, 5.74) is 0.609. The molecule has 0 bridgehead atoms. The molecule has 1 aliphatic rings. The van der Waals surface area contributed by atoms with E-state index in [2.05, 4.69) is 5.32 Å². The van der Waals surface area contributed by atoms with Crippen LogP contribution in [-0.2, 0) is 26.2 Å². The van der Waals surface area contributed by atoms with Gasteiger partial charge < -0.3 is 10.1 Å². The van der Waals surface area contributed by atoms with Crippen LogP contribution in [0.3, 0.4) is 0 Å². The van der Waals surface area contributed by atoms with Crippen LogP contribution in [-0.4, -0.2) is 25.0 Å². The maximum atomic E-state index is 13.1. The zero-order chi connectivity index (χ0) is 20.5. The zero-order valence-corrected chi connectivity index (χ0v) is 17.9. The summed E-state index contributed by atoms with van der Waals surface area (Å²) in [6.07, 6.45) is 1.45. The number of amides is 1. The Labute approximate surface area is 183 Å². The maximum absolute atomic E-state index is 13.1. The summed E-state index contributed by atoms with van der Waals surface area (Å²) < 4.78 is 4.86. The van der Waals surface area contributed by atoms with Crippen molar-refractivity contribution in [2.75, 3.05) is 7.11 Å². The fourth-order valence-electron chi connectivity index (χ4n) is 3.16. The van der Waals surface area contributed by atoms with Crippen LogP contribution in [0.25, 0.3) is 0 Å². The second-order valence-electron chi connectivity index (χ2n) is 6.70. The van der Waals surface area contributed by atoms with Crippen molar-refractivity contribution in [2.45, 2.75) is 30.7 Å². The number of methoxy groups -OCH3 is 1. The molecule has 0 saturated heterocycles. The average Bonchev–Trinajstić information content (AvgIpc) is 3.44. The van der Waals surface area contributed by atoms with Crippen molar-refractivity contribution < 1.29 is 14.3 Å². The summed E-state index contributed by atoms with van der Waals surface area (Å²) in [7, 11) is 1.27. The predicted octanol–water partition coefficient (Wildman–Crippen LogP) is 5.23. The highest BCUT2D eigenvalue weighted by Crippen LogP contribution is 2.51. The van der Waals surface area contributed by atoms with Crippen molar-refractivity contribution in [2.24, 2.45) is 0 Å². The molecule has 1 amide bonds. The molecule has 0 aromatic heterocycles. The van der Waals surface area contributed by atoms with Crippen LogP contribution in [0, 0.1) is 0 Å². The maximum Gasteiger partial charge on any atom is 0.328 e. The molecule has 1 unspecified atom stereocenters. The van der Waals surface area contributed by atoms with Crippen molar-refractivity contribution in [3.63, 3.8) is 0 Å². The Morgan fingerprint density at radius 1 is 1.04 bits per heavy atom. The standard InChI is InChI=1S/C20H17Cl4NO3/c1-28-18(26)17(8-11-2-3-12(21)9-15(11)23)25-19(27)20(6-7-20)14-5-4-13(22)10-16(14)24/h2-5,9-10,17H,6-8H2,1H3,(H,25,27). The average molecular weight is 461 g/mol. The molecule has 0 spiro atoms. The normalized spacial score (nSPS) is 15.6. The van der Waals surface area contributed by atoms with E-state index in [1.807, 2.05) is 0 Å². The van der Waals surface area contributed by atoms with Crippen LogP contribution in [0.15, 0.2) is 36.4 Å². The number of hydrogen-bond donors (Lipinski definition) is 1. The Bertz CT molecular complexity index is 928. The zero-order valence-electron chi connectivity index (χ0n) is 14.9. The van der Waals surface area contributed by atoms with E-state index in [4.69, 9.17) is 51.1 Å². The summed E-state index contributed by atoms with van der Waals surface area (Å²) in [4.78, 5) is 25.3. The molecule has 3 rings (SSSR count). The van der Waals surface area contributed by atoms with E-state index in [-0.39, 0.29) is 12.3 Å². The minimum Gasteiger partial charge on any atom is -0.467 e. The van der Waals surface area contributed by atoms with E-state index in [0.29, 0.717) is 44.1 Å². The van der Waals surface area contributed by atoms with Gasteiger partial charge in [0.1, 0.15) is 6.04 Å². The largest absolute Gasteiger partial charge is 0.467 e. The Morgan fingerprint density at radius 2 is 1.64 bits per heavy atom. The van der Waals surface area contributed by atoms with Crippen molar-refractivity contribution in [1.82, 2.24) is 5.32 Å². The fraction of sp³-hybridized carbons (Fsp3) is 0.300. The molecule has 4 nitrogen and oxygen atoms in total. The van der Waals surface area contributed by atoms with Crippen molar-refractivity contribution in [3.8, 4) is 0 Å². The highest BCUT2D eigenvalue weighted by atomic mass is 35.5. The number of benzene rings is 2. The van der Waals surface area contributed by atoms with Gasteiger partial charge in [-0.15, -0.1) is 0 Å². The van der Waals surface area contributed by atoms with Crippen LogP contribution in [0.1, 0.15) is 24.0 Å². The van der Waals surface area contributed by atoms with Crippen LogP contribution in [0.4, 0.5) is 0 Å². The summed E-state index contributed by atoms with van der Waals surface area (Å²) >= 11 is 24.4. The molecule has 8 heteroatoms. The van der Waals surface area contributed by atoms with Gasteiger partial charge in [-0.3, -0.25) is 4.79 Å². The fourth-order valence-corrected chi connectivity index (χ4v) is 4.24. The van der Waals surface area contributed by atoms with Gasteiger partial charge in [-0.2, -0.15) is 0 Å². The van der Waals surface area contributed by atoms with Crippen molar-refractivity contribution in [1.29, 1.82) is 0 Å². The first-order valence-electron chi connectivity index (χ1n) is 8.55. The molecule has 1 atom stereocenters. The summed E-state index contributed by atoms with van der Waals surface area (Å²) in [6, 6.07) is 9.15. The molecular formula is C20H17Cl4NO3. The lowest BCUT2D eigenvalue weighted by molar-refractivity contribution is -0.145. The monoisotopic (exact) mass is 459 g/mol. The first-order valence-corrected chi connectivity index (χ1v) is 10.1. The molecule has 1 N–H and O–H groups in total. The smallest absolute Gasteiger partial charge is 0.328 e. The minimum atomic E-state index is -0.889. The van der Waals surface area contributed by atoms with Gasteiger partial charge in [0.05, 0.1) is 12.5 Å². The number of ether oxygens (including phenoxy) is 1. The summed E-state index contributed by atoms with van der Waals surface area (Å²) in [6.45, 7) is 0. The molecule has 1 aliphatic carbocycles. The number of rotatable bonds is 6. The second-order valence-corrected chi connectivity index (χ2v) is 8.38. The van der Waals surface area contributed by atoms with Gasteiger partial charge in [0.2, 0.25) is 5.91 Å². The summed E-state index contributed by atoms with van der Waals surface area (Å²) in [5, 5.41) is 4.63. The van der Waals surface area contributed by atoms with Crippen LogP contribution >= 0.6 is 46.4 Å². The van der Waals surface area contributed by atoms with E-state index in [1.165, 1.54) is 7.11 Å². The van der Waals surface area contributed by atoms with E-state index < -0.39 is 17.4 Å². The lowest BCUT2D eigenvalue weighted by atomic mass is 9.94. The van der Waals surface area contributed by atoms with E-state index in [1.54, 1.807) is 36.4 Å². The number of halogens is 4. The third kappa shape index (κ3) is 4.41. The summed E-state index contributed by atoms with van der Waals surface area (Å²) in [5.74, 6) is -0.838. The highest BCUT2D eigenvalue weighted by Gasteiger charge is 2.53. The van der Waals surface area contributed by atoms with Gasteiger partial charge in [-0.1, -0.05) is 58.5 Å². The first-order chi connectivity index (χ1) is 13.3. The minimum absolute atomic E-state index is 0.179. The third-order valence-electron chi connectivity index (χ3n) is 4.86. The molecule has 1 saturated carbocycles. The van der Waals surface area contributed by atoms with Crippen molar-refractivity contribution >= 4 is 58.3 Å². The second kappa shape index (κ2) is 8.50. The van der Waals surface area contributed by atoms with E-state index >= 15 is 0 Å². The van der Waals surface area contributed by atoms with Crippen LogP contribution in [0.2, 0.25) is 20.1 Å². The number of hydrogen-bond acceptors (Lipinski definition) is 3. The molecule has 0 radical (unpaired) electrons. The molecule has 2 aromatic rings. The predicted molar refractivity (Wildman–Crippen MR) is 111 cm³/mol. The molecule has 0 heterocycles. The Balaban J connectivity index is 1.82. The number of esters is 1. The molecule has 1 fully saturated rings. The Morgan fingerprint density at radius 3 is 2.18 bits per heavy atom.